The van der Waals surface area contributed by atoms with E-state index in [2.05, 4.69) is 10.6 Å². The molecule has 0 aliphatic carbocycles. The highest BCUT2D eigenvalue weighted by Crippen LogP contribution is 2.15. The maximum Gasteiger partial charge on any atom is 0.433 e. The van der Waals surface area contributed by atoms with Crippen molar-refractivity contribution < 1.29 is 18.9 Å². The van der Waals surface area contributed by atoms with E-state index < -0.39 is 16.7 Å². The van der Waals surface area contributed by atoms with Crippen LogP contribution in [0.5, 0.6) is 0 Å². The van der Waals surface area contributed by atoms with Crippen molar-refractivity contribution in [3.63, 3.8) is 0 Å². The van der Waals surface area contributed by atoms with E-state index in [9.17, 15) is 14.9 Å². The van der Waals surface area contributed by atoms with Gasteiger partial charge in [-0.15, -0.1) is 12.4 Å². The lowest BCUT2D eigenvalue weighted by atomic mass is 10.4. The van der Waals surface area contributed by atoms with Crippen molar-refractivity contribution in [3.05, 3.63) is 28.0 Å². The molecule has 0 spiro atoms. The maximum atomic E-state index is 11.5. The zero-order chi connectivity index (χ0) is 13.4. The highest BCUT2D eigenvalue weighted by Gasteiger charge is 2.16. The Hall–Kier alpha value is -1.64. The van der Waals surface area contributed by atoms with Crippen molar-refractivity contribution in [1.29, 1.82) is 0 Å². The molecule has 0 radical (unpaired) electrons. The number of methoxy groups -OCH3 is 1. The monoisotopic (exact) mass is 293 g/mol. The first-order chi connectivity index (χ1) is 8.65. The molecule has 9 heteroatoms. The van der Waals surface area contributed by atoms with Crippen LogP contribution in [0.2, 0.25) is 0 Å². The molecule has 0 saturated carbocycles. The largest absolute Gasteiger partial charge is 0.433 e. The molecule has 0 unspecified atom stereocenters. The predicted molar refractivity (Wildman–Crippen MR) is 69.7 cm³/mol. The van der Waals surface area contributed by atoms with Crippen LogP contribution in [0.1, 0.15) is 10.6 Å². The molecule has 1 amide bonds. The number of rotatable bonds is 8. The quantitative estimate of drug-likeness (QED) is 0.412. The molecular formula is C10H16ClN3O5. The second-order valence-corrected chi connectivity index (χ2v) is 3.39. The van der Waals surface area contributed by atoms with Gasteiger partial charge in [0, 0.05) is 26.7 Å². The number of ether oxygens (including phenoxy) is 1. The predicted octanol–water partition coefficient (Wildman–Crippen LogP) is 0.575. The molecule has 1 rings (SSSR count). The van der Waals surface area contributed by atoms with E-state index in [4.69, 9.17) is 9.15 Å². The van der Waals surface area contributed by atoms with Crippen LogP contribution in [0.15, 0.2) is 16.5 Å². The molecule has 0 bridgehead atoms. The Kier molecular flexibility index (Phi) is 8.51. The Balaban J connectivity index is 0.00000324. The van der Waals surface area contributed by atoms with Crippen molar-refractivity contribution in [2.45, 2.75) is 0 Å². The molecule has 19 heavy (non-hydrogen) atoms. The average Bonchev–Trinajstić information content (AvgIpc) is 2.83. The first-order valence-corrected chi connectivity index (χ1v) is 5.37. The zero-order valence-electron chi connectivity index (χ0n) is 10.4. The molecular weight excluding hydrogens is 278 g/mol. The third kappa shape index (κ3) is 6.18. The van der Waals surface area contributed by atoms with Crippen molar-refractivity contribution >= 4 is 24.2 Å². The Morgan fingerprint density at radius 2 is 2.16 bits per heavy atom. The highest BCUT2D eigenvalue weighted by molar-refractivity contribution is 5.91. The van der Waals surface area contributed by atoms with Gasteiger partial charge < -0.3 is 19.8 Å². The molecule has 2 N–H and O–H groups in total. The number of nitrogens with one attached hydrogen (secondary N) is 2. The summed E-state index contributed by atoms with van der Waals surface area (Å²) in [4.78, 5) is 21.2. The molecule has 1 aromatic rings. The van der Waals surface area contributed by atoms with Crippen LogP contribution in [0.4, 0.5) is 5.88 Å². The molecule has 0 atom stereocenters. The van der Waals surface area contributed by atoms with Crippen LogP contribution in [0.3, 0.4) is 0 Å². The molecule has 0 saturated heterocycles. The fourth-order valence-corrected chi connectivity index (χ4v) is 1.20. The van der Waals surface area contributed by atoms with Gasteiger partial charge in [0.25, 0.3) is 5.91 Å². The molecule has 108 valence electrons. The minimum Gasteiger partial charge on any atom is -0.395 e. The van der Waals surface area contributed by atoms with Crippen molar-refractivity contribution in [2.24, 2.45) is 0 Å². The number of hydrogen-bond acceptors (Lipinski definition) is 6. The summed E-state index contributed by atoms with van der Waals surface area (Å²) < 4.78 is 9.59. The van der Waals surface area contributed by atoms with Crippen LogP contribution < -0.4 is 10.6 Å². The third-order valence-corrected chi connectivity index (χ3v) is 2.07. The van der Waals surface area contributed by atoms with Gasteiger partial charge in [-0.3, -0.25) is 14.9 Å². The molecule has 1 aromatic heterocycles. The SMILES string of the molecule is COCCNCCNC(=O)c1ccc([N+](=O)[O-])o1.Cl. The average molecular weight is 294 g/mol. The third-order valence-electron chi connectivity index (χ3n) is 2.07. The Labute approximate surface area is 116 Å². The number of carbonyl (C=O) groups is 1. The summed E-state index contributed by atoms with van der Waals surface area (Å²) in [7, 11) is 1.60. The number of nitrogens with zero attached hydrogens (tertiary/aromatic N) is 1. The van der Waals surface area contributed by atoms with E-state index >= 15 is 0 Å². The van der Waals surface area contributed by atoms with Crippen molar-refractivity contribution in [2.75, 3.05) is 33.4 Å². The molecule has 0 aliphatic heterocycles. The lowest BCUT2D eigenvalue weighted by Gasteiger charge is -2.04. The topological polar surface area (TPSA) is 107 Å². The number of nitro groups is 1. The zero-order valence-corrected chi connectivity index (χ0v) is 11.2. The lowest BCUT2D eigenvalue weighted by molar-refractivity contribution is -0.402. The minimum absolute atomic E-state index is 0. The van der Waals surface area contributed by atoms with E-state index in [1.165, 1.54) is 6.07 Å². The number of amides is 1. The number of hydrogen-bond donors (Lipinski definition) is 2. The van der Waals surface area contributed by atoms with E-state index in [-0.39, 0.29) is 18.2 Å². The summed E-state index contributed by atoms with van der Waals surface area (Å²) >= 11 is 0. The summed E-state index contributed by atoms with van der Waals surface area (Å²) in [5.74, 6) is -0.992. The van der Waals surface area contributed by atoms with Gasteiger partial charge >= 0.3 is 5.88 Å². The maximum absolute atomic E-state index is 11.5. The van der Waals surface area contributed by atoms with E-state index in [1.807, 2.05) is 0 Å². The van der Waals surface area contributed by atoms with Crippen LogP contribution in [0, 0.1) is 10.1 Å². The van der Waals surface area contributed by atoms with Crippen molar-refractivity contribution in [3.8, 4) is 0 Å². The van der Waals surface area contributed by atoms with Gasteiger partial charge in [0.05, 0.1) is 12.7 Å². The highest BCUT2D eigenvalue weighted by atomic mass is 35.5. The first-order valence-electron chi connectivity index (χ1n) is 5.37. The standard InChI is InChI=1S/C10H15N3O5.ClH/c1-17-7-6-11-4-5-12-10(14)8-2-3-9(18-8)13(15)16;/h2-3,11H,4-7H2,1H3,(H,12,14);1H. The second kappa shape index (κ2) is 9.31. The van der Waals surface area contributed by atoms with Gasteiger partial charge in [0.15, 0.2) is 5.76 Å². The molecule has 8 nitrogen and oxygen atoms in total. The van der Waals surface area contributed by atoms with E-state index in [0.29, 0.717) is 26.2 Å². The van der Waals surface area contributed by atoms with Gasteiger partial charge in [-0.05, 0) is 6.07 Å². The minimum atomic E-state index is -0.691. The van der Waals surface area contributed by atoms with Crippen LogP contribution >= 0.6 is 12.4 Å². The molecule has 0 aromatic carbocycles. The fourth-order valence-electron chi connectivity index (χ4n) is 1.20. The Morgan fingerprint density at radius 3 is 2.74 bits per heavy atom. The normalized spacial score (nSPS) is 9.74. The van der Waals surface area contributed by atoms with Crippen molar-refractivity contribution in [1.82, 2.24) is 10.6 Å². The van der Waals surface area contributed by atoms with Crippen LogP contribution in [0.25, 0.3) is 0 Å². The summed E-state index contributed by atoms with van der Waals surface area (Å²) in [5.41, 5.74) is 0. The van der Waals surface area contributed by atoms with E-state index in [1.54, 1.807) is 7.11 Å². The van der Waals surface area contributed by atoms with Crippen LogP contribution in [-0.4, -0.2) is 44.2 Å². The lowest BCUT2D eigenvalue weighted by Crippen LogP contribution is -2.32. The molecule has 0 fully saturated rings. The molecule has 0 aliphatic rings. The Bertz CT molecular complexity index is 410. The van der Waals surface area contributed by atoms with Crippen LogP contribution in [-0.2, 0) is 4.74 Å². The number of carbonyl (C=O) groups excluding carboxylic acids is 1. The van der Waals surface area contributed by atoms with Gasteiger partial charge in [-0.2, -0.15) is 0 Å². The second-order valence-electron chi connectivity index (χ2n) is 3.39. The van der Waals surface area contributed by atoms with Gasteiger partial charge in [-0.1, -0.05) is 0 Å². The van der Waals surface area contributed by atoms with Gasteiger partial charge in [0.2, 0.25) is 0 Å². The fraction of sp³-hybridized carbons (Fsp3) is 0.500. The summed E-state index contributed by atoms with van der Waals surface area (Å²) in [5, 5.41) is 16.0. The summed E-state index contributed by atoms with van der Waals surface area (Å²) in [6.45, 7) is 2.27. The number of furan rings is 1. The number of halogens is 1. The summed E-state index contributed by atoms with van der Waals surface area (Å²) in [6, 6.07) is 2.41. The molecule has 1 heterocycles. The smallest absolute Gasteiger partial charge is 0.395 e. The van der Waals surface area contributed by atoms with E-state index in [0.717, 1.165) is 6.07 Å². The van der Waals surface area contributed by atoms with Gasteiger partial charge in [0.1, 0.15) is 4.92 Å². The van der Waals surface area contributed by atoms with Gasteiger partial charge in [-0.25, -0.2) is 0 Å². The Morgan fingerprint density at radius 1 is 1.42 bits per heavy atom. The first kappa shape index (κ1) is 17.4. The summed E-state index contributed by atoms with van der Waals surface area (Å²) in [6.07, 6.45) is 0.